The van der Waals surface area contributed by atoms with Crippen molar-refractivity contribution in [2.45, 2.75) is 25.4 Å². The molecule has 0 radical (unpaired) electrons. The van der Waals surface area contributed by atoms with E-state index in [4.69, 9.17) is 0 Å². The van der Waals surface area contributed by atoms with Gasteiger partial charge in [0.25, 0.3) is 10.1 Å². The van der Waals surface area contributed by atoms with Gasteiger partial charge >= 0.3 is 0 Å². The van der Waals surface area contributed by atoms with Crippen LogP contribution in [-0.4, -0.2) is 31.5 Å². The molecule has 1 fully saturated rings. The highest BCUT2D eigenvalue weighted by Crippen LogP contribution is 2.26. The molecule has 1 unspecified atom stereocenters. The molecule has 1 aliphatic heterocycles. The van der Waals surface area contributed by atoms with Crippen LogP contribution < -0.4 is 5.32 Å². The SMILES string of the molecule is CS(=O)(=O)OCc1cc(F)c(C2CCC(=O)NC2=O)cn1. The Hall–Kier alpha value is -1.87. The lowest BCUT2D eigenvalue weighted by Crippen LogP contribution is -2.39. The third-order valence-electron chi connectivity index (χ3n) is 2.97. The molecule has 0 saturated carbocycles. The first-order valence-electron chi connectivity index (χ1n) is 6.08. The summed E-state index contributed by atoms with van der Waals surface area (Å²) in [5.74, 6) is -2.42. The number of hydrogen-bond donors (Lipinski definition) is 1. The minimum Gasteiger partial charge on any atom is -0.296 e. The number of halogens is 1. The molecule has 1 saturated heterocycles. The Labute approximate surface area is 120 Å². The first kappa shape index (κ1) is 15.5. The van der Waals surface area contributed by atoms with Crippen LogP contribution in [0, 0.1) is 5.82 Å². The maximum atomic E-state index is 14.0. The van der Waals surface area contributed by atoms with Crippen molar-refractivity contribution in [2.75, 3.05) is 6.26 Å². The van der Waals surface area contributed by atoms with Crippen LogP contribution >= 0.6 is 0 Å². The fourth-order valence-corrected chi connectivity index (χ4v) is 2.31. The van der Waals surface area contributed by atoms with Gasteiger partial charge in [-0.1, -0.05) is 0 Å². The summed E-state index contributed by atoms with van der Waals surface area (Å²) in [4.78, 5) is 26.6. The van der Waals surface area contributed by atoms with Crippen LogP contribution in [0.5, 0.6) is 0 Å². The lowest BCUT2D eigenvalue weighted by Gasteiger charge is -2.21. The van der Waals surface area contributed by atoms with Gasteiger partial charge in [-0.15, -0.1) is 0 Å². The molecule has 0 bridgehead atoms. The number of amides is 2. The summed E-state index contributed by atoms with van der Waals surface area (Å²) in [7, 11) is -3.64. The van der Waals surface area contributed by atoms with Crippen LogP contribution in [-0.2, 0) is 30.5 Å². The number of hydrogen-bond acceptors (Lipinski definition) is 6. The fraction of sp³-hybridized carbons (Fsp3) is 0.417. The molecule has 7 nitrogen and oxygen atoms in total. The standard InChI is InChI=1S/C12H13FN2O5S/c1-21(18,19)20-6-7-4-10(13)9(5-14-7)8-2-3-11(16)15-12(8)17/h4-5,8H,2-3,6H2,1H3,(H,15,16,17). The van der Waals surface area contributed by atoms with Crippen LogP contribution in [0.25, 0.3) is 0 Å². The molecule has 0 aliphatic carbocycles. The number of rotatable bonds is 4. The molecule has 2 rings (SSSR count). The summed E-state index contributed by atoms with van der Waals surface area (Å²) >= 11 is 0. The number of nitrogens with zero attached hydrogens (tertiary/aromatic N) is 1. The number of carbonyl (C=O) groups excluding carboxylic acids is 2. The van der Waals surface area contributed by atoms with E-state index in [1.54, 1.807) is 0 Å². The summed E-state index contributed by atoms with van der Waals surface area (Å²) in [6, 6.07) is 1.02. The van der Waals surface area contributed by atoms with Crippen molar-refractivity contribution >= 4 is 21.9 Å². The third-order valence-corrected chi connectivity index (χ3v) is 3.52. The molecule has 9 heteroatoms. The lowest BCUT2D eigenvalue weighted by atomic mass is 9.91. The summed E-state index contributed by atoms with van der Waals surface area (Å²) in [6.45, 7) is -0.384. The minimum atomic E-state index is -3.64. The van der Waals surface area contributed by atoms with Gasteiger partial charge in [0.1, 0.15) is 12.4 Å². The third kappa shape index (κ3) is 4.05. The summed E-state index contributed by atoms with van der Waals surface area (Å²) in [6.07, 6.45) is 2.38. The zero-order chi connectivity index (χ0) is 15.6. The second kappa shape index (κ2) is 5.86. The second-order valence-corrected chi connectivity index (χ2v) is 6.31. The van der Waals surface area contributed by atoms with Crippen molar-refractivity contribution in [3.05, 3.63) is 29.3 Å². The Kier molecular flexibility index (Phi) is 4.33. The molecule has 0 spiro atoms. The quantitative estimate of drug-likeness (QED) is 0.629. The molecule has 114 valence electrons. The molecule has 0 aromatic carbocycles. The number of pyridine rings is 1. The van der Waals surface area contributed by atoms with Crippen molar-refractivity contribution in [3.8, 4) is 0 Å². The maximum Gasteiger partial charge on any atom is 0.264 e. The maximum absolute atomic E-state index is 14.0. The Morgan fingerprint density at radius 1 is 1.48 bits per heavy atom. The molecule has 2 heterocycles. The molecule has 2 amide bonds. The normalized spacial score (nSPS) is 19.4. The van der Waals surface area contributed by atoms with Gasteiger partial charge in [0.2, 0.25) is 11.8 Å². The largest absolute Gasteiger partial charge is 0.296 e. The van der Waals surface area contributed by atoms with E-state index in [0.29, 0.717) is 0 Å². The Balaban J connectivity index is 2.16. The number of imide groups is 1. The number of piperidine rings is 1. The molecule has 21 heavy (non-hydrogen) atoms. The van der Waals surface area contributed by atoms with Crippen LogP contribution in [0.2, 0.25) is 0 Å². The first-order valence-corrected chi connectivity index (χ1v) is 7.90. The van der Waals surface area contributed by atoms with E-state index in [9.17, 15) is 22.4 Å². The van der Waals surface area contributed by atoms with Crippen LogP contribution in [0.4, 0.5) is 4.39 Å². The van der Waals surface area contributed by atoms with E-state index >= 15 is 0 Å². The second-order valence-electron chi connectivity index (χ2n) is 4.67. The molecule has 1 aliphatic rings. The summed E-state index contributed by atoms with van der Waals surface area (Å²) < 4.78 is 40.2. The fourth-order valence-electron chi connectivity index (χ4n) is 1.97. The summed E-state index contributed by atoms with van der Waals surface area (Å²) in [5.41, 5.74) is 0.164. The zero-order valence-electron chi connectivity index (χ0n) is 11.1. The monoisotopic (exact) mass is 316 g/mol. The number of aromatic nitrogens is 1. The Bertz CT molecular complexity index is 689. The van der Waals surface area contributed by atoms with Gasteiger partial charge in [0.15, 0.2) is 0 Å². The van der Waals surface area contributed by atoms with Crippen LogP contribution in [0.1, 0.15) is 30.0 Å². The van der Waals surface area contributed by atoms with Crippen molar-refractivity contribution < 1.29 is 26.6 Å². The lowest BCUT2D eigenvalue weighted by molar-refractivity contribution is -0.134. The Morgan fingerprint density at radius 2 is 2.19 bits per heavy atom. The van der Waals surface area contributed by atoms with Gasteiger partial charge in [-0.3, -0.25) is 24.1 Å². The highest BCUT2D eigenvalue weighted by Gasteiger charge is 2.30. The van der Waals surface area contributed by atoms with Crippen molar-refractivity contribution in [2.24, 2.45) is 0 Å². The van der Waals surface area contributed by atoms with Gasteiger partial charge < -0.3 is 0 Å². The minimum absolute atomic E-state index is 0.0723. The van der Waals surface area contributed by atoms with E-state index in [-0.39, 0.29) is 36.6 Å². The molecule has 1 N–H and O–H groups in total. The van der Waals surface area contributed by atoms with Gasteiger partial charge in [-0.05, 0) is 12.5 Å². The average molecular weight is 316 g/mol. The van der Waals surface area contributed by atoms with Gasteiger partial charge in [-0.25, -0.2) is 4.39 Å². The summed E-state index contributed by atoms with van der Waals surface area (Å²) in [5, 5.41) is 2.14. The smallest absolute Gasteiger partial charge is 0.264 e. The van der Waals surface area contributed by atoms with E-state index in [1.165, 1.54) is 0 Å². The average Bonchev–Trinajstić information content (AvgIpc) is 2.37. The van der Waals surface area contributed by atoms with Crippen LogP contribution in [0.15, 0.2) is 12.3 Å². The van der Waals surface area contributed by atoms with Gasteiger partial charge in [0.05, 0.1) is 17.9 Å². The molecular weight excluding hydrogens is 303 g/mol. The predicted octanol–water partition coefficient (Wildman–Crippen LogP) is 0.217. The topological polar surface area (TPSA) is 102 Å². The zero-order valence-corrected chi connectivity index (χ0v) is 11.9. The Morgan fingerprint density at radius 3 is 2.76 bits per heavy atom. The van der Waals surface area contributed by atoms with E-state index in [2.05, 4.69) is 14.5 Å². The first-order chi connectivity index (χ1) is 9.76. The van der Waals surface area contributed by atoms with E-state index in [1.807, 2.05) is 0 Å². The van der Waals surface area contributed by atoms with E-state index < -0.39 is 27.8 Å². The molecule has 1 atom stereocenters. The van der Waals surface area contributed by atoms with Crippen molar-refractivity contribution in [1.82, 2.24) is 10.3 Å². The van der Waals surface area contributed by atoms with E-state index in [0.717, 1.165) is 18.5 Å². The molecule has 1 aromatic rings. The number of carbonyl (C=O) groups is 2. The van der Waals surface area contributed by atoms with Gasteiger partial charge in [-0.2, -0.15) is 8.42 Å². The van der Waals surface area contributed by atoms with Crippen molar-refractivity contribution in [1.29, 1.82) is 0 Å². The highest BCUT2D eigenvalue weighted by atomic mass is 32.2. The highest BCUT2D eigenvalue weighted by molar-refractivity contribution is 7.85. The van der Waals surface area contributed by atoms with Crippen LogP contribution in [0.3, 0.4) is 0 Å². The van der Waals surface area contributed by atoms with Crippen molar-refractivity contribution in [3.63, 3.8) is 0 Å². The van der Waals surface area contributed by atoms with Gasteiger partial charge in [0, 0.05) is 18.2 Å². The molecule has 1 aromatic heterocycles. The predicted molar refractivity (Wildman–Crippen MR) is 69.0 cm³/mol. The molecular formula is C12H13FN2O5S. The number of nitrogens with one attached hydrogen (secondary N) is 1.